The number of amides is 2. The highest BCUT2D eigenvalue weighted by atomic mass is 79.9. The molecule has 0 aliphatic heterocycles. The average molecular weight is 341 g/mol. The predicted octanol–water partition coefficient (Wildman–Crippen LogP) is 3.43. The van der Waals surface area contributed by atoms with Gasteiger partial charge in [-0.1, -0.05) is 34.8 Å². The number of carbonyl (C=O) groups is 1. The van der Waals surface area contributed by atoms with Crippen LogP contribution in [0.4, 0.5) is 10.5 Å². The minimum Gasteiger partial charge on any atom is -0.396 e. The summed E-state index contributed by atoms with van der Waals surface area (Å²) in [7, 11) is 0. The second kappa shape index (κ2) is 7.09. The van der Waals surface area contributed by atoms with Crippen molar-refractivity contribution in [3.8, 4) is 0 Å². The Hall–Kier alpha value is -1.07. The fourth-order valence-corrected chi connectivity index (χ4v) is 3.05. The molecule has 1 aliphatic rings. The molecular weight excluding hydrogens is 320 g/mol. The first-order valence-corrected chi connectivity index (χ1v) is 7.84. The summed E-state index contributed by atoms with van der Waals surface area (Å²) in [6.07, 6.45) is 4.17. The van der Waals surface area contributed by atoms with Gasteiger partial charge in [-0.3, -0.25) is 0 Å². The van der Waals surface area contributed by atoms with Gasteiger partial charge in [0.2, 0.25) is 0 Å². The number of rotatable bonds is 3. The number of aliphatic hydroxyl groups is 1. The molecule has 110 valence electrons. The van der Waals surface area contributed by atoms with Crippen molar-refractivity contribution in [2.75, 3.05) is 11.9 Å². The van der Waals surface area contributed by atoms with Crippen LogP contribution in [0.15, 0.2) is 22.7 Å². The van der Waals surface area contributed by atoms with Crippen LogP contribution in [-0.4, -0.2) is 23.8 Å². The Morgan fingerprint density at radius 3 is 2.90 bits per heavy atom. The van der Waals surface area contributed by atoms with Gasteiger partial charge in [-0.25, -0.2) is 4.79 Å². The van der Waals surface area contributed by atoms with Crippen LogP contribution in [0, 0.1) is 12.8 Å². The van der Waals surface area contributed by atoms with Gasteiger partial charge < -0.3 is 15.7 Å². The minimum absolute atomic E-state index is 0.0706. The first kappa shape index (κ1) is 15.3. The lowest BCUT2D eigenvalue weighted by molar-refractivity contribution is 0.156. The number of nitrogens with one attached hydrogen (secondary N) is 2. The molecule has 2 amide bonds. The highest BCUT2D eigenvalue weighted by Crippen LogP contribution is 2.25. The number of hydrogen-bond acceptors (Lipinski definition) is 2. The van der Waals surface area contributed by atoms with E-state index in [0.717, 1.165) is 41.4 Å². The zero-order valence-electron chi connectivity index (χ0n) is 11.7. The van der Waals surface area contributed by atoms with Gasteiger partial charge in [-0.05, 0) is 37.5 Å². The molecule has 0 saturated heterocycles. The maximum absolute atomic E-state index is 12.1. The second-order valence-corrected chi connectivity index (χ2v) is 6.20. The van der Waals surface area contributed by atoms with E-state index >= 15 is 0 Å². The smallest absolute Gasteiger partial charge is 0.319 e. The Balaban J connectivity index is 1.96. The molecule has 0 spiro atoms. The molecule has 1 aromatic rings. The monoisotopic (exact) mass is 340 g/mol. The third kappa shape index (κ3) is 3.73. The molecule has 1 aliphatic carbocycles. The van der Waals surface area contributed by atoms with E-state index in [-0.39, 0.29) is 24.6 Å². The number of urea groups is 1. The Bertz CT molecular complexity index is 479. The third-order valence-corrected chi connectivity index (χ3v) is 4.84. The zero-order valence-corrected chi connectivity index (χ0v) is 13.2. The van der Waals surface area contributed by atoms with Gasteiger partial charge in [0.25, 0.3) is 0 Å². The maximum Gasteiger partial charge on any atom is 0.319 e. The number of anilines is 1. The van der Waals surface area contributed by atoms with Crippen molar-refractivity contribution < 1.29 is 9.90 Å². The zero-order chi connectivity index (χ0) is 14.5. The van der Waals surface area contributed by atoms with Gasteiger partial charge in [0, 0.05) is 28.7 Å². The highest BCUT2D eigenvalue weighted by Gasteiger charge is 2.25. The van der Waals surface area contributed by atoms with E-state index in [9.17, 15) is 9.90 Å². The summed E-state index contributed by atoms with van der Waals surface area (Å²) in [5, 5.41) is 15.2. The minimum atomic E-state index is -0.198. The molecule has 2 rings (SSSR count). The van der Waals surface area contributed by atoms with Crippen LogP contribution in [0.1, 0.15) is 31.2 Å². The van der Waals surface area contributed by atoms with Gasteiger partial charge in [0.1, 0.15) is 0 Å². The molecule has 0 aromatic heterocycles. The highest BCUT2D eigenvalue weighted by molar-refractivity contribution is 9.10. The fourth-order valence-electron chi connectivity index (χ4n) is 2.69. The molecule has 20 heavy (non-hydrogen) atoms. The van der Waals surface area contributed by atoms with Crippen molar-refractivity contribution in [3.05, 3.63) is 28.2 Å². The number of carbonyl (C=O) groups excluding carboxylic acids is 1. The molecular formula is C15H21BrN2O2. The average Bonchev–Trinajstić information content (AvgIpc) is 2.44. The van der Waals surface area contributed by atoms with Crippen molar-refractivity contribution in [1.29, 1.82) is 0 Å². The van der Waals surface area contributed by atoms with Crippen LogP contribution < -0.4 is 10.6 Å². The molecule has 0 radical (unpaired) electrons. The Labute approximate surface area is 128 Å². The lowest BCUT2D eigenvalue weighted by Gasteiger charge is -2.30. The van der Waals surface area contributed by atoms with Gasteiger partial charge in [0.05, 0.1) is 0 Å². The van der Waals surface area contributed by atoms with Crippen LogP contribution in [0.2, 0.25) is 0 Å². The normalized spacial score (nSPS) is 22.4. The first-order valence-electron chi connectivity index (χ1n) is 7.05. The Morgan fingerprint density at radius 2 is 2.15 bits per heavy atom. The molecule has 0 heterocycles. The summed E-state index contributed by atoms with van der Waals surface area (Å²) in [6, 6.07) is 5.59. The predicted molar refractivity (Wildman–Crippen MR) is 83.9 cm³/mol. The molecule has 1 fully saturated rings. The standard InChI is InChI=1S/C15H21BrN2O2/c1-10-12(16)6-4-8-13(10)17-15(20)18-14-7-3-2-5-11(14)9-19/h4,6,8,11,14,19H,2-3,5,7,9H2,1H3,(H2,17,18,20). The van der Waals surface area contributed by atoms with Crippen molar-refractivity contribution >= 4 is 27.6 Å². The molecule has 0 bridgehead atoms. The van der Waals surface area contributed by atoms with E-state index in [4.69, 9.17) is 0 Å². The van der Waals surface area contributed by atoms with Crippen LogP contribution in [-0.2, 0) is 0 Å². The number of hydrogen-bond donors (Lipinski definition) is 3. The Kier molecular flexibility index (Phi) is 5.43. The van der Waals surface area contributed by atoms with E-state index in [1.165, 1.54) is 0 Å². The fraction of sp³-hybridized carbons (Fsp3) is 0.533. The molecule has 4 nitrogen and oxygen atoms in total. The molecule has 5 heteroatoms. The summed E-state index contributed by atoms with van der Waals surface area (Å²) in [4.78, 5) is 12.1. The third-order valence-electron chi connectivity index (χ3n) is 3.98. The SMILES string of the molecule is Cc1c(Br)cccc1NC(=O)NC1CCCCC1CO. The van der Waals surface area contributed by atoms with E-state index in [1.807, 2.05) is 25.1 Å². The van der Waals surface area contributed by atoms with E-state index in [2.05, 4.69) is 26.6 Å². The van der Waals surface area contributed by atoms with Gasteiger partial charge in [-0.15, -0.1) is 0 Å². The summed E-state index contributed by atoms with van der Waals surface area (Å²) in [6.45, 7) is 2.09. The van der Waals surface area contributed by atoms with Crippen LogP contribution in [0.5, 0.6) is 0 Å². The summed E-state index contributed by atoms with van der Waals surface area (Å²) < 4.78 is 0.973. The molecule has 1 aromatic carbocycles. The molecule has 2 unspecified atom stereocenters. The van der Waals surface area contributed by atoms with Crippen molar-refractivity contribution in [1.82, 2.24) is 5.32 Å². The van der Waals surface area contributed by atoms with Crippen LogP contribution in [0.25, 0.3) is 0 Å². The topological polar surface area (TPSA) is 61.4 Å². The van der Waals surface area contributed by atoms with E-state index in [1.54, 1.807) is 0 Å². The second-order valence-electron chi connectivity index (χ2n) is 5.34. The molecule has 1 saturated carbocycles. The summed E-state index contributed by atoms with van der Waals surface area (Å²) in [5.74, 6) is 0.179. The van der Waals surface area contributed by atoms with Gasteiger partial charge >= 0.3 is 6.03 Å². The van der Waals surface area contributed by atoms with Crippen LogP contribution >= 0.6 is 15.9 Å². The summed E-state index contributed by atoms with van der Waals surface area (Å²) in [5.41, 5.74) is 1.80. The van der Waals surface area contributed by atoms with Crippen LogP contribution in [0.3, 0.4) is 0 Å². The van der Waals surface area contributed by atoms with Gasteiger partial charge in [-0.2, -0.15) is 0 Å². The Morgan fingerprint density at radius 1 is 1.40 bits per heavy atom. The van der Waals surface area contributed by atoms with Crippen molar-refractivity contribution in [2.45, 2.75) is 38.6 Å². The van der Waals surface area contributed by atoms with E-state index < -0.39 is 0 Å². The van der Waals surface area contributed by atoms with Crippen molar-refractivity contribution in [2.24, 2.45) is 5.92 Å². The lowest BCUT2D eigenvalue weighted by Crippen LogP contribution is -2.45. The molecule has 3 N–H and O–H groups in total. The summed E-state index contributed by atoms with van der Waals surface area (Å²) >= 11 is 3.45. The first-order chi connectivity index (χ1) is 9.61. The molecule has 2 atom stereocenters. The number of benzene rings is 1. The van der Waals surface area contributed by atoms with Gasteiger partial charge in [0.15, 0.2) is 0 Å². The maximum atomic E-state index is 12.1. The largest absolute Gasteiger partial charge is 0.396 e. The van der Waals surface area contributed by atoms with Crippen molar-refractivity contribution in [3.63, 3.8) is 0 Å². The number of aliphatic hydroxyl groups excluding tert-OH is 1. The van der Waals surface area contributed by atoms with E-state index in [0.29, 0.717) is 0 Å². The quantitative estimate of drug-likeness (QED) is 0.789. The number of halogens is 1. The lowest BCUT2D eigenvalue weighted by atomic mass is 9.85.